The lowest BCUT2D eigenvalue weighted by atomic mass is 9.91. The number of carbonyl (C=O) groups excluding carboxylic acids is 1. The molecule has 10 heteroatoms. The van der Waals surface area contributed by atoms with Crippen LogP contribution in [0.3, 0.4) is 0 Å². The van der Waals surface area contributed by atoms with E-state index in [4.69, 9.17) is 21.3 Å². The van der Waals surface area contributed by atoms with Crippen molar-refractivity contribution >= 4 is 23.2 Å². The Kier molecular flexibility index (Phi) is 6.78. The molecule has 0 bridgehead atoms. The second kappa shape index (κ2) is 9.48. The van der Waals surface area contributed by atoms with Crippen LogP contribution in [0.25, 0.3) is 0 Å². The molecule has 29 heavy (non-hydrogen) atoms. The minimum Gasteiger partial charge on any atom is -0.475 e. The van der Waals surface area contributed by atoms with Gasteiger partial charge in [0.25, 0.3) is 5.91 Å². The molecule has 2 unspecified atom stereocenters. The van der Waals surface area contributed by atoms with Crippen LogP contribution in [0.2, 0.25) is 0 Å². The maximum Gasteiger partial charge on any atom is 0.252 e. The summed E-state index contributed by atoms with van der Waals surface area (Å²) < 4.78 is 19.7. The molecule has 0 aliphatic heterocycles. The predicted octanol–water partition coefficient (Wildman–Crippen LogP) is 1.51. The van der Waals surface area contributed by atoms with Crippen molar-refractivity contribution in [3.05, 3.63) is 35.8 Å². The number of nitrogens with one attached hydrogen (secondary N) is 2. The predicted molar refractivity (Wildman–Crippen MR) is 107 cm³/mol. The Hall–Kier alpha value is -2.98. The highest BCUT2D eigenvalue weighted by Crippen LogP contribution is 2.27. The van der Waals surface area contributed by atoms with E-state index in [2.05, 4.69) is 20.6 Å². The molecule has 2 aromatic heterocycles. The Bertz CT molecular complexity index is 849. The number of carbonyl (C=O) groups is 1. The zero-order chi connectivity index (χ0) is 20.8. The number of primary amides is 1. The van der Waals surface area contributed by atoms with Crippen molar-refractivity contribution in [1.29, 1.82) is 0 Å². The van der Waals surface area contributed by atoms with Crippen LogP contribution >= 0.6 is 0 Å². The number of anilines is 3. The van der Waals surface area contributed by atoms with Gasteiger partial charge in [-0.05, 0) is 25.0 Å². The first kappa shape index (κ1) is 20.7. The number of halogens is 1. The number of nitrogens with two attached hydrogens (primary N) is 2. The van der Waals surface area contributed by atoms with Crippen LogP contribution in [0.5, 0.6) is 5.88 Å². The molecule has 1 saturated carbocycles. The number of hydrogen-bond acceptors (Lipinski definition) is 8. The number of amides is 1. The monoisotopic (exact) mass is 404 g/mol. The smallest absolute Gasteiger partial charge is 0.252 e. The quantitative estimate of drug-likeness (QED) is 0.445. The van der Waals surface area contributed by atoms with Crippen LogP contribution in [-0.2, 0) is 0 Å². The molecule has 1 aliphatic carbocycles. The number of pyridine rings is 2. The van der Waals surface area contributed by atoms with Gasteiger partial charge in [0.1, 0.15) is 12.4 Å². The zero-order valence-electron chi connectivity index (χ0n) is 15.9. The molecule has 1 fully saturated rings. The molecule has 3 rings (SSSR count). The fourth-order valence-corrected chi connectivity index (χ4v) is 3.21. The summed E-state index contributed by atoms with van der Waals surface area (Å²) in [7, 11) is 0. The van der Waals surface area contributed by atoms with Gasteiger partial charge in [0, 0.05) is 18.2 Å². The van der Waals surface area contributed by atoms with Gasteiger partial charge in [-0.1, -0.05) is 12.8 Å². The van der Waals surface area contributed by atoms with E-state index in [1.807, 2.05) is 0 Å². The summed E-state index contributed by atoms with van der Waals surface area (Å²) in [6.45, 7) is 0.00697. The van der Waals surface area contributed by atoms with Gasteiger partial charge >= 0.3 is 0 Å². The second-order valence-corrected chi connectivity index (χ2v) is 6.86. The van der Waals surface area contributed by atoms with Gasteiger partial charge in [-0.25, -0.2) is 14.4 Å². The summed E-state index contributed by atoms with van der Waals surface area (Å²) in [5.74, 6) is -1.03. The van der Waals surface area contributed by atoms with Crippen LogP contribution in [0.1, 0.15) is 36.0 Å². The van der Waals surface area contributed by atoms with Crippen molar-refractivity contribution in [1.82, 2.24) is 9.97 Å². The topological polar surface area (TPSA) is 148 Å². The molecule has 0 radical (unpaired) electrons. The highest BCUT2D eigenvalue weighted by molar-refractivity contribution is 5.98. The largest absolute Gasteiger partial charge is 0.475 e. The lowest BCUT2D eigenvalue weighted by Crippen LogP contribution is -2.43. The van der Waals surface area contributed by atoms with Gasteiger partial charge < -0.3 is 31.9 Å². The van der Waals surface area contributed by atoms with E-state index >= 15 is 0 Å². The molecule has 0 aromatic carbocycles. The van der Waals surface area contributed by atoms with Crippen LogP contribution in [0.4, 0.5) is 21.7 Å². The summed E-state index contributed by atoms with van der Waals surface area (Å²) in [6, 6.07) is 4.11. The van der Waals surface area contributed by atoms with E-state index in [0.717, 1.165) is 31.7 Å². The molecule has 7 N–H and O–H groups in total. The highest BCUT2D eigenvalue weighted by atomic mass is 19.1. The van der Waals surface area contributed by atoms with Crippen molar-refractivity contribution in [3.8, 4) is 5.88 Å². The van der Waals surface area contributed by atoms with Crippen molar-refractivity contribution in [2.24, 2.45) is 11.5 Å². The number of aliphatic hydroxyl groups is 1. The number of ether oxygens (including phenoxy) is 1. The average molecular weight is 404 g/mol. The van der Waals surface area contributed by atoms with Gasteiger partial charge in [-0.15, -0.1) is 0 Å². The van der Waals surface area contributed by atoms with Crippen LogP contribution in [0, 0.1) is 5.82 Å². The normalized spacial score (nSPS) is 18.9. The summed E-state index contributed by atoms with van der Waals surface area (Å²) in [5.41, 5.74) is 11.9. The number of aliphatic hydroxyl groups excluding tert-OH is 1. The van der Waals surface area contributed by atoms with Crippen molar-refractivity contribution in [2.45, 2.75) is 37.8 Å². The number of aromatic nitrogens is 2. The van der Waals surface area contributed by atoms with Crippen LogP contribution < -0.4 is 26.8 Å². The lowest BCUT2D eigenvalue weighted by Gasteiger charge is -2.30. The second-order valence-electron chi connectivity index (χ2n) is 6.86. The Morgan fingerprint density at radius 1 is 1.31 bits per heavy atom. The summed E-state index contributed by atoms with van der Waals surface area (Å²) >= 11 is 0. The molecular formula is C19H25FN6O3. The molecule has 0 saturated heterocycles. The third-order valence-corrected chi connectivity index (χ3v) is 4.72. The van der Waals surface area contributed by atoms with Crippen molar-refractivity contribution < 1.29 is 19.0 Å². The first-order valence-electron chi connectivity index (χ1n) is 9.47. The molecule has 1 aliphatic rings. The first-order chi connectivity index (χ1) is 14.0. The third-order valence-electron chi connectivity index (χ3n) is 4.72. The van der Waals surface area contributed by atoms with Crippen LogP contribution in [-0.4, -0.2) is 46.3 Å². The lowest BCUT2D eigenvalue weighted by molar-refractivity contribution is 0.100. The van der Waals surface area contributed by atoms with E-state index in [9.17, 15) is 9.18 Å². The molecule has 0 spiro atoms. The SMILES string of the molecule is NC(=O)c1cc(F)c(NC2CCCCC2N)nc1Nc1ccc(OCCO)nc1. The minimum atomic E-state index is -0.810. The molecule has 2 heterocycles. The Morgan fingerprint density at radius 2 is 2.10 bits per heavy atom. The Labute approximate surface area is 167 Å². The maximum absolute atomic E-state index is 14.5. The third kappa shape index (κ3) is 5.30. The van der Waals surface area contributed by atoms with Gasteiger partial charge in [0.05, 0.1) is 24.1 Å². The molecule has 2 aromatic rings. The summed E-state index contributed by atoms with van der Waals surface area (Å²) in [6.07, 6.45) is 5.20. The standard InChI is InChI=1S/C19H25FN6O3/c20-13-9-12(17(22)28)18(24-11-5-6-16(23-10-11)29-8-7-27)26-19(13)25-15-4-2-1-3-14(15)21/h5-6,9-10,14-15,27H,1-4,7-8,21H2,(H2,22,28)(H2,24,25,26). The number of rotatable bonds is 8. The molecule has 9 nitrogen and oxygen atoms in total. The maximum atomic E-state index is 14.5. The first-order valence-corrected chi connectivity index (χ1v) is 9.47. The van der Waals surface area contributed by atoms with Gasteiger partial charge in [0.15, 0.2) is 11.6 Å². The molecule has 2 atom stereocenters. The summed E-state index contributed by atoms with van der Waals surface area (Å²) in [5, 5.41) is 14.8. The molecule has 1 amide bonds. The fraction of sp³-hybridized carbons (Fsp3) is 0.421. The van der Waals surface area contributed by atoms with E-state index in [0.29, 0.717) is 11.6 Å². The minimum absolute atomic E-state index is 0.00992. The van der Waals surface area contributed by atoms with E-state index in [1.54, 1.807) is 12.1 Å². The zero-order valence-corrected chi connectivity index (χ0v) is 15.9. The highest BCUT2D eigenvalue weighted by Gasteiger charge is 2.24. The number of nitrogens with zero attached hydrogens (tertiary/aromatic N) is 2. The summed E-state index contributed by atoms with van der Waals surface area (Å²) in [4.78, 5) is 20.1. The Balaban J connectivity index is 1.83. The van der Waals surface area contributed by atoms with E-state index < -0.39 is 11.7 Å². The van der Waals surface area contributed by atoms with E-state index in [-0.39, 0.29) is 42.5 Å². The van der Waals surface area contributed by atoms with E-state index in [1.165, 1.54) is 6.20 Å². The molecule has 156 valence electrons. The fourth-order valence-electron chi connectivity index (χ4n) is 3.21. The average Bonchev–Trinajstić information content (AvgIpc) is 2.71. The van der Waals surface area contributed by atoms with Crippen molar-refractivity contribution in [2.75, 3.05) is 23.8 Å². The van der Waals surface area contributed by atoms with Crippen LogP contribution in [0.15, 0.2) is 24.4 Å². The van der Waals surface area contributed by atoms with Gasteiger partial charge in [-0.3, -0.25) is 4.79 Å². The van der Waals surface area contributed by atoms with Crippen molar-refractivity contribution in [3.63, 3.8) is 0 Å². The Morgan fingerprint density at radius 3 is 2.76 bits per heavy atom. The van der Waals surface area contributed by atoms with Gasteiger partial charge in [-0.2, -0.15) is 0 Å². The van der Waals surface area contributed by atoms with Gasteiger partial charge in [0.2, 0.25) is 5.88 Å². The molecular weight excluding hydrogens is 379 g/mol. The number of hydrogen-bond donors (Lipinski definition) is 5.